The maximum Gasteiger partial charge on any atom is 0.242 e. The molecular weight excluding hydrogens is 238 g/mol. The standard InChI is InChI=1S/C11H15N3O2S/c1-2-10(8-13)14-17(15,16)11-6-4-3-5-9(11)7-12/h3-6,10,14H,2,8,13H2,1H3. The van der Waals surface area contributed by atoms with Gasteiger partial charge in [-0.15, -0.1) is 0 Å². The molecule has 1 atom stereocenters. The van der Waals surface area contributed by atoms with E-state index in [0.717, 1.165) is 0 Å². The Hall–Kier alpha value is -1.42. The van der Waals surface area contributed by atoms with Crippen LogP contribution in [0.1, 0.15) is 18.9 Å². The third kappa shape index (κ3) is 3.27. The van der Waals surface area contributed by atoms with Crippen molar-refractivity contribution in [1.82, 2.24) is 4.72 Å². The van der Waals surface area contributed by atoms with Gasteiger partial charge in [-0.1, -0.05) is 19.1 Å². The molecule has 5 nitrogen and oxygen atoms in total. The highest BCUT2D eigenvalue weighted by Gasteiger charge is 2.20. The Morgan fingerprint density at radius 1 is 1.47 bits per heavy atom. The van der Waals surface area contributed by atoms with E-state index in [0.29, 0.717) is 6.42 Å². The molecule has 0 radical (unpaired) electrons. The van der Waals surface area contributed by atoms with Crippen LogP contribution in [0.3, 0.4) is 0 Å². The van der Waals surface area contributed by atoms with Crippen molar-refractivity contribution >= 4 is 10.0 Å². The Labute approximate surface area is 101 Å². The predicted octanol–water partition coefficient (Wildman–Crippen LogP) is 0.574. The molecule has 0 spiro atoms. The van der Waals surface area contributed by atoms with Crippen LogP contribution in [-0.2, 0) is 10.0 Å². The minimum absolute atomic E-state index is 0.00519. The van der Waals surface area contributed by atoms with E-state index in [9.17, 15) is 8.42 Å². The summed E-state index contributed by atoms with van der Waals surface area (Å²) < 4.78 is 26.5. The van der Waals surface area contributed by atoms with Crippen LogP contribution in [0.15, 0.2) is 29.2 Å². The normalized spacial score (nSPS) is 13.0. The van der Waals surface area contributed by atoms with Gasteiger partial charge in [0.2, 0.25) is 10.0 Å². The first-order chi connectivity index (χ1) is 8.05. The van der Waals surface area contributed by atoms with Crippen molar-refractivity contribution in [3.8, 4) is 6.07 Å². The average Bonchev–Trinajstić information content (AvgIpc) is 2.35. The molecule has 0 bridgehead atoms. The molecule has 1 unspecified atom stereocenters. The molecule has 0 aliphatic heterocycles. The minimum Gasteiger partial charge on any atom is -0.329 e. The van der Waals surface area contributed by atoms with Crippen LogP contribution >= 0.6 is 0 Å². The van der Waals surface area contributed by atoms with E-state index in [2.05, 4.69) is 4.72 Å². The second kappa shape index (κ2) is 5.77. The zero-order chi connectivity index (χ0) is 12.9. The molecule has 92 valence electrons. The lowest BCUT2D eigenvalue weighted by molar-refractivity contribution is 0.542. The van der Waals surface area contributed by atoms with Crippen molar-refractivity contribution in [2.24, 2.45) is 5.73 Å². The number of nitrogens with one attached hydrogen (secondary N) is 1. The first-order valence-electron chi connectivity index (χ1n) is 5.26. The van der Waals surface area contributed by atoms with Crippen molar-refractivity contribution in [1.29, 1.82) is 5.26 Å². The number of hydrogen-bond acceptors (Lipinski definition) is 4. The summed E-state index contributed by atoms with van der Waals surface area (Å²) >= 11 is 0. The molecule has 3 N–H and O–H groups in total. The fraction of sp³-hybridized carbons (Fsp3) is 0.364. The van der Waals surface area contributed by atoms with E-state index >= 15 is 0 Å². The highest BCUT2D eigenvalue weighted by Crippen LogP contribution is 2.14. The quantitative estimate of drug-likeness (QED) is 0.802. The molecule has 0 aliphatic rings. The summed E-state index contributed by atoms with van der Waals surface area (Å²) in [5.41, 5.74) is 5.58. The summed E-state index contributed by atoms with van der Waals surface area (Å²) in [6.45, 7) is 2.07. The Kier molecular flexibility index (Phi) is 4.63. The molecule has 0 aliphatic carbocycles. The van der Waals surface area contributed by atoms with Gasteiger partial charge in [0.05, 0.1) is 10.5 Å². The van der Waals surface area contributed by atoms with Gasteiger partial charge in [0, 0.05) is 12.6 Å². The van der Waals surface area contributed by atoms with Crippen molar-refractivity contribution in [3.63, 3.8) is 0 Å². The van der Waals surface area contributed by atoms with Gasteiger partial charge in [0.15, 0.2) is 0 Å². The topological polar surface area (TPSA) is 96.0 Å². The smallest absolute Gasteiger partial charge is 0.242 e. The van der Waals surface area contributed by atoms with Gasteiger partial charge in [-0.3, -0.25) is 0 Å². The van der Waals surface area contributed by atoms with Crippen LogP contribution in [-0.4, -0.2) is 21.0 Å². The van der Waals surface area contributed by atoms with Crippen LogP contribution in [0.2, 0.25) is 0 Å². The molecule has 0 heterocycles. The molecule has 0 aromatic heterocycles. The number of sulfonamides is 1. The van der Waals surface area contributed by atoms with Crippen molar-refractivity contribution in [2.75, 3.05) is 6.54 Å². The van der Waals surface area contributed by atoms with Gasteiger partial charge < -0.3 is 5.73 Å². The van der Waals surface area contributed by atoms with E-state index in [1.165, 1.54) is 12.1 Å². The lowest BCUT2D eigenvalue weighted by atomic mass is 10.2. The molecule has 6 heteroatoms. The molecule has 17 heavy (non-hydrogen) atoms. The number of nitrogens with two attached hydrogens (primary N) is 1. The Morgan fingerprint density at radius 2 is 2.12 bits per heavy atom. The third-order valence-corrected chi connectivity index (χ3v) is 3.97. The maximum absolute atomic E-state index is 12.0. The molecule has 1 rings (SSSR count). The highest BCUT2D eigenvalue weighted by atomic mass is 32.2. The summed E-state index contributed by atoms with van der Waals surface area (Å²) in [4.78, 5) is -0.00519. The second-order valence-electron chi connectivity index (χ2n) is 3.57. The lowest BCUT2D eigenvalue weighted by Crippen LogP contribution is -2.39. The van der Waals surface area contributed by atoms with Crippen LogP contribution < -0.4 is 10.5 Å². The first kappa shape index (κ1) is 13.6. The zero-order valence-corrected chi connectivity index (χ0v) is 10.4. The largest absolute Gasteiger partial charge is 0.329 e. The van der Waals surface area contributed by atoms with Crippen LogP contribution in [0.5, 0.6) is 0 Å². The van der Waals surface area contributed by atoms with E-state index in [1.54, 1.807) is 12.1 Å². The van der Waals surface area contributed by atoms with E-state index in [-0.39, 0.29) is 23.0 Å². The number of rotatable bonds is 5. The van der Waals surface area contributed by atoms with Crippen molar-refractivity contribution in [2.45, 2.75) is 24.3 Å². The Morgan fingerprint density at radius 3 is 2.65 bits per heavy atom. The molecular formula is C11H15N3O2S. The molecule has 0 amide bonds. The van der Waals surface area contributed by atoms with Gasteiger partial charge in [-0.05, 0) is 18.6 Å². The lowest BCUT2D eigenvalue weighted by Gasteiger charge is -2.15. The van der Waals surface area contributed by atoms with Crippen LogP contribution in [0, 0.1) is 11.3 Å². The number of nitriles is 1. The van der Waals surface area contributed by atoms with Gasteiger partial charge in [-0.25, -0.2) is 13.1 Å². The second-order valence-corrected chi connectivity index (χ2v) is 5.25. The predicted molar refractivity (Wildman–Crippen MR) is 64.6 cm³/mol. The number of benzene rings is 1. The Balaban J connectivity index is 3.10. The number of hydrogen-bond donors (Lipinski definition) is 2. The number of nitrogens with zero attached hydrogens (tertiary/aromatic N) is 1. The fourth-order valence-corrected chi connectivity index (χ4v) is 2.86. The fourth-order valence-electron chi connectivity index (χ4n) is 1.37. The summed E-state index contributed by atoms with van der Waals surface area (Å²) in [6.07, 6.45) is 0.602. The van der Waals surface area contributed by atoms with Gasteiger partial charge in [0.25, 0.3) is 0 Å². The van der Waals surface area contributed by atoms with Gasteiger partial charge in [0.1, 0.15) is 6.07 Å². The van der Waals surface area contributed by atoms with E-state index < -0.39 is 10.0 Å². The average molecular weight is 253 g/mol. The highest BCUT2D eigenvalue weighted by molar-refractivity contribution is 7.89. The van der Waals surface area contributed by atoms with Crippen molar-refractivity contribution < 1.29 is 8.42 Å². The zero-order valence-electron chi connectivity index (χ0n) is 9.55. The van der Waals surface area contributed by atoms with Crippen LogP contribution in [0.25, 0.3) is 0 Å². The Bertz CT molecular complexity index is 516. The van der Waals surface area contributed by atoms with Crippen molar-refractivity contribution in [3.05, 3.63) is 29.8 Å². The van der Waals surface area contributed by atoms with E-state index in [4.69, 9.17) is 11.0 Å². The SMILES string of the molecule is CCC(CN)NS(=O)(=O)c1ccccc1C#N. The van der Waals surface area contributed by atoms with Crippen LogP contribution in [0.4, 0.5) is 0 Å². The summed E-state index contributed by atoms with van der Waals surface area (Å²) in [6, 6.07) is 7.63. The van der Waals surface area contributed by atoms with Gasteiger partial charge >= 0.3 is 0 Å². The van der Waals surface area contributed by atoms with E-state index in [1.807, 2.05) is 13.0 Å². The molecule has 1 aromatic carbocycles. The maximum atomic E-state index is 12.0. The molecule has 0 saturated carbocycles. The molecule has 1 aromatic rings. The minimum atomic E-state index is -3.68. The first-order valence-corrected chi connectivity index (χ1v) is 6.75. The van der Waals surface area contributed by atoms with Gasteiger partial charge in [-0.2, -0.15) is 5.26 Å². The summed E-state index contributed by atoms with van der Waals surface area (Å²) in [7, 11) is -3.68. The monoisotopic (exact) mass is 253 g/mol. The molecule has 0 fully saturated rings. The summed E-state index contributed by atoms with van der Waals surface area (Å²) in [5.74, 6) is 0. The molecule has 0 saturated heterocycles. The summed E-state index contributed by atoms with van der Waals surface area (Å²) in [5, 5.41) is 8.86. The third-order valence-electron chi connectivity index (χ3n) is 2.40.